The summed E-state index contributed by atoms with van der Waals surface area (Å²) in [5.41, 5.74) is 3.58. The minimum Gasteiger partial charge on any atom is -0.481 e. The van der Waals surface area contributed by atoms with Crippen molar-refractivity contribution in [3.05, 3.63) is 65.7 Å². The zero-order valence-corrected chi connectivity index (χ0v) is 11.2. The van der Waals surface area contributed by atoms with Gasteiger partial charge in [-0.1, -0.05) is 48.5 Å². The molecule has 0 amide bonds. The summed E-state index contributed by atoms with van der Waals surface area (Å²) < 4.78 is 0. The lowest BCUT2D eigenvalue weighted by molar-refractivity contribution is -0.137. The molecule has 3 rings (SSSR count). The predicted octanol–water partition coefficient (Wildman–Crippen LogP) is 3.27. The van der Waals surface area contributed by atoms with Crippen molar-refractivity contribution in [2.45, 2.75) is 18.9 Å². The number of nitrogens with zero attached hydrogens (tertiary/aromatic N) is 1. The first-order valence-electron chi connectivity index (χ1n) is 6.83. The normalized spacial score (nSPS) is 17.0. The molecule has 2 aromatic carbocycles. The number of benzene rings is 2. The van der Waals surface area contributed by atoms with E-state index in [2.05, 4.69) is 23.1 Å². The molecule has 0 aliphatic carbocycles. The van der Waals surface area contributed by atoms with E-state index < -0.39 is 5.97 Å². The van der Waals surface area contributed by atoms with Crippen LogP contribution in [0.5, 0.6) is 0 Å². The molecule has 1 aliphatic heterocycles. The Morgan fingerprint density at radius 3 is 2.55 bits per heavy atom. The molecule has 0 aromatic heterocycles. The second-order valence-corrected chi connectivity index (χ2v) is 5.22. The Bertz CT molecular complexity index is 609. The Labute approximate surface area is 118 Å². The third-order valence-corrected chi connectivity index (χ3v) is 3.80. The highest BCUT2D eigenvalue weighted by atomic mass is 16.4. The molecule has 3 heteroatoms. The molecule has 1 aliphatic rings. The number of para-hydroxylation sites is 1. The van der Waals surface area contributed by atoms with Crippen LogP contribution in [0.4, 0.5) is 5.69 Å². The maximum absolute atomic E-state index is 11.0. The smallest absolute Gasteiger partial charge is 0.304 e. The molecule has 1 atom stereocenters. The van der Waals surface area contributed by atoms with Crippen molar-refractivity contribution >= 4 is 11.7 Å². The van der Waals surface area contributed by atoms with Gasteiger partial charge in [0, 0.05) is 24.7 Å². The Kier molecular flexibility index (Phi) is 3.42. The van der Waals surface area contributed by atoms with Gasteiger partial charge in [0.25, 0.3) is 0 Å². The summed E-state index contributed by atoms with van der Waals surface area (Å²) in [7, 11) is 0. The van der Waals surface area contributed by atoms with Crippen LogP contribution >= 0.6 is 0 Å². The SMILES string of the molecule is O=C(O)CC1CN(Cc2ccccc2)c2ccccc21. The highest BCUT2D eigenvalue weighted by Gasteiger charge is 2.29. The summed E-state index contributed by atoms with van der Waals surface area (Å²) in [6, 6.07) is 18.4. The number of aliphatic carboxylic acids is 1. The number of carboxylic acid groups (broad SMARTS) is 1. The van der Waals surface area contributed by atoms with Crippen LogP contribution < -0.4 is 4.90 Å². The summed E-state index contributed by atoms with van der Waals surface area (Å²) in [5.74, 6) is -0.640. The predicted molar refractivity (Wildman–Crippen MR) is 78.9 cm³/mol. The van der Waals surface area contributed by atoms with Crippen LogP contribution in [0.3, 0.4) is 0 Å². The van der Waals surface area contributed by atoms with Crippen LogP contribution in [-0.2, 0) is 11.3 Å². The van der Waals surface area contributed by atoms with Crippen molar-refractivity contribution in [3.63, 3.8) is 0 Å². The lowest BCUT2D eigenvalue weighted by atomic mass is 9.98. The summed E-state index contributed by atoms with van der Waals surface area (Å²) >= 11 is 0. The maximum atomic E-state index is 11.0. The van der Waals surface area contributed by atoms with Crippen LogP contribution in [0.25, 0.3) is 0 Å². The summed E-state index contributed by atoms with van der Waals surface area (Å²) in [5, 5.41) is 9.06. The third kappa shape index (κ3) is 2.52. The number of carboxylic acids is 1. The van der Waals surface area contributed by atoms with E-state index in [4.69, 9.17) is 5.11 Å². The zero-order chi connectivity index (χ0) is 13.9. The van der Waals surface area contributed by atoms with E-state index in [9.17, 15) is 4.79 Å². The molecule has 20 heavy (non-hydrogen) atoms. The molecule has 3 nitrogen and oxygen atoms in total. The van der Waals surface area contributed by atoms with Crippen molar-refractivity contribution in [3.8, 4) is 0 Å². The van der Waals surface area contributed by atoms with Gasteiger partial charge in [-0.3, -0.25) is 4.79 Å². The van der Waals surface area contributed by atoms with Gasteiger partial charge in [-0.05, 0) is 17.2 Å². The van der Waals surface area contributed by atoms with E-state index in [-0.39, 0.29) is 12.3 Å². The van der Waals surface area contributed by atoms with Gasteiger partial charge in [-0.2, -0.15) is 0 Å². The third-order valence-electron chi connectivity index (χ3n) is 3.80. The molecule has 102 valence electrons. The molecular weight excluding hydrogens is 250 g/mol. The van der Waals surface area contributed by atoms with Crippen LogP contribution in [0.2, 0.25) is 0 Å². The van der Waals surface area contributed by atoms with Crippen molar-refractivity contribution in [2.75, 3.05) is 11.4 Å². The first-order valence-corrected chi connectivity index (χ1v) is 6.83. The summed E-state index contributed by atoms with van der Waals surface area (Å²) in [6.45, 7) is 1.61. The largest absolute Gasteiger partial charge is 0.481 e. The van der Waals surface area contributed by atoms with Gasteiger partial charge in [0.05, 0.1) is 6.42 Å². The van der Waals surface area contributed by atoms with E-state index in [1.807, 2.05) is 36.4 Å². The number of rotatable bonds is 4. The number of carbonyl (C=O) groups is 1. The van der Waals surface area contributed by atoms with Gasteiger partial charge in [0.1, 0.15) is 0 Å². The van der Waals surface area contributed by atoms with Crippen LogP contribution in [-0.4, -0.2) is 17.6 Å². The lowest BCUT2D eigenvalue weighted by Gasteiger charge is -2.20. The van der Waals surface area contributed by atoms with Crippen molar-refractivity contribution in [1.82, 2.24) is 0 Å². The van der Waals surface area contributed by atoms with Crippen molar-refractivity contribution in [1.29, 1.82) is 0 Å². The fourth-order valence-corrected chi connectivity index (χ4v) is 2.92. The average Bonchev–Trinajstić information content (AvgIpc) is 2.78. The first-order chi connectivity index (χ1) is 9.74. The summed E-state index contributed by atoms with van der Waals surface area (Å²) in [6.07, 6.45) is 0.197. The van der Waals surface area contributed by atoms with E-state index in [1.165, 1.54) is 11.3 Å². The monoisotopic (exact) mass is 267 g/mol. The van der Waals surface area contributed by atoms with Gasteiger partial charge < -0.3 is 10.0 Å². The van der Waals surface area contributed by atoms with E-state index in [0.717, 1.165) is 18.7 Å². The molecule has 1 N–H and O–H groups in total. The van der Waals surface area contributed by atoms with Crippen LogP contribution in [0.1, 0.15) is 23.5 Å². The first kappa shape index (κ1) is 12.7. The topological polar surface area (TPSA) is 40.5 Å². The Morgan fingerprint density at radius 1 is 1.10 bits per heavy atom. The Balaban J connectivity index is 1.85. The molecule has 1 unspecified atom stereocenters. The number of hydrogen-bond acceptors (Lipinski definition) is 2. The standard InChI is InChI=1S/C17H17NO2/c19-17(20)10-14-12-18(11-13-6-2-1-3-7-13)16-9-5-4-8-15(14)16/h1-9,14H,10-12H2,(H,19,20). The molecule has 0 radical (unpaired) electrons. The second kappa shape index (κ2) is 5.37. The highest BCUT2D eigenvalue weighted by molar-refractivity contribution is 5.71. The van der Waals surface area contributed by atoms with Gasteiger partial charge >= 0.3 is 5.97 Å². The molecule has 0 saturated carbocycles. The minimum atomic E-state index is -0.730. The van der Waals surface area contributed by atoms with Gasteiger partial charge in [-0.15, -0.1) is 0 Å². The molecule has 0 fully saturated rings. The second-order valence-electron chi connectivity index (χ2n) is 5.22. The van der Waals surface area contributed by atoms with Gasteiger partial charge in [0.15, 0.2) is 0 Å². The number of anilines is 1. The highest BCUT2D eigenvalue weighted by Crippen LogP contribution is 2.38. The Hall–Kier alpha value is -2.29. The molecule has 1 heterocycles. The van der Waals surface area contributed by atoms with Gasteiger partial charge in [-0.25, -0.2) is 0 Å². The van der Waals surface area contributed by atoms with Crippen molar-refractivity contribution in [2.24, 2.45) is 0 Å². The molecule has 0 saturated heterocycles. The fraction of sp³-hybridized carbons (Fsp3) is 0.235. The van der Waals surface area contributed by atoms with Crippen LogP contribution in [0.15, 0.2) is 54.6 Å². The molecular formula is C17H17NO2. The quantitative estimate of drug-likeness (QED) is 0.924. The molecule has 2 aromatic rings. The maximum Gasteiger partial charge on any atom is 0.304 e. The number of hydrogen-bond donors (Lipinski definition) is 1. The van der Waals surface area contributed by atoms with Crippen molar-refractivity contribution < 1.29 is 9.90 Å². The molecule has 0 spiro atoms. The number of fused-ring (bicyclic) bond motifs is 1. The van der Waals surface area contributed by atoms with E-state index in [0.29, 0.717) is 0 Å². The average molecular weight is 267 g/mol. The fourth-order valence-electron chi connectivity index (χ4n) is 2.92. The van der Waals surface area contributed by atoms with Gasteiger partial charge in [0.2, 0.25) is 0 Å². The summed E-state index contributed by atoms with van der Waals surface area (Å²) in [4.78, 5) is 13.3. The van der Waals surface area contributed by atoms with E-state index in [1.54, 1.807) is 0 Å². The van der Waals surface area contributed by atoms with Crippen LogP contribution in [0, 0.1) is 0 Å². The lowest BCUT2D eigenvalue weighted by Crippen LogP contribution is -2.22. The van der Waals surface area contributed by atoms with E-state index >= 15 is 0 Å². The Morgan fingerprint density at radius 2 is 1.80 bits per heavy atom. The molecule has 0 bridgehead atoms. The zero-order valence-electron chi connectivity index (χ0n) is 11.2. The minimum absolute atomic E-state index is 0.0902.